The molecule has 0 bridgehead atoms. The summed E-state index contributed by atoms with van der Waals surface area (Å²) in [6, 6.07) is 6.74. The number of benzene rings is 2. The Morgan fingerprint density at radius 3 is 2.28 bits per heavy atom. The number of halogens is 4. The van der Waals surface area contributed by atoms with Crippen LogP contribution in [0.25, 0.3) is 0 Å². The Morgan fingerprint density at radius 2 is 1.72 bits per heavy atom. The molecule has 0 saturated carbocycles. The summed E-state index contributed by atoms with van der Waals surface area (Å²) < 4.78 is 51.5. The molecule has 10 heteroatoms. The molecule has 1 amide bonds. The lowest BCUT2D eigenvalue weighted by Crippen LogP contribution is -2.35. The standard InChI is InChI=1S/C15H12Cl2F2N2O3S/c1-21(25(23,24)9-5-6-12(18)13(19)7-9)8-14(22)20-15-10(16)3-2-4-11(15)17/h2-7H,8H2,1H3,(H,20,22). The van der Waals surface area contributed by atoms with Gasteiger partial charge in [0.2, 0.25) is 15.9 Å². The summed E-state index contributed by atoms with van der Waals surface area (Å²) in [5, 5.41) is 2.78. The molecule has 0 radical (unpaired) electrons. The monoisotopic (exact) mass is 408 g/mol. The average molecular weight is 409 g/mol. The number of amides is 1. The maximum Gasteiger partial charge on any atom is 0.243 e. The first kappa shape index (κ1) is 19.6. The number of nitrogens with zero attached hydrogens (tertiary/aromatic N) is 1. The van der Waals surface area contributed by atoms with Crippen molar-refractivity contribution in [2.75, 3.05) is 18.9 Å². The van der Waals surface area contributed by atoms with Crippen molar-refractivity contribution in [3.05, 3.63) is 58.1 Å². The molecule has 0 spiro atoms. The molecule has 5 nitrogen and oxygen atoms in total. The van der Waals surface area contributed by atoms with E-state index in [4.69, 9.17) is 23.2 Å². The van der Waals surface area contributed by atoms with Crippen molar-refractivity contribution in [1.82, 2.24) is 4.31 Å². The molecular weight excluding hydrogens is 397 g/mol. The summed E-state index contributed by atoms with van der Waals surface area (Å²) >= 11 is 11.8. The van der Waals surface area contributed by atoms with Crippen molar-refractivity contribution >= 4 is 44.8 Å². The lowest BCUT2D eigenvalue weighted by atomic mass is 10.3. The molecule has 0 aliphatic heterocycles. The molecule has 1 N–H and O–H groups in total. The summed E-state index contributed by atoms with van der Waals surface area (Å²) in [4.78, 5) is 11.6. The average Bonchev–Trinajstić information content (AvgIpc) is 2.53. The van der Waals surface area contributed by atoms with Gasteiger partial charge in [-0.3, -0.25) is 4.79 Å². The van der Waals surface area contributed by atoms with Gasteiger partial charge in [0.15, 0.2) is 11.6 Å². The van der Waals surface area contributed by atoms with Crippen LogP contribution in [0.1, 0.15) is 0 Å². The third-order valence-electron chi connectivity index (χ3n) is 3.19. The fourth-order valence-electron chi connectivity index (χ4n) is 1.90. The smallest absolute Gasteiger partial charge is 0.243 e. The van der Waals surface area contributed by atoms with Crippen LogP contribution in [-0.4, -0.2) is 32.2 Å². The molecule has 134 valence electrons. The van der Waals surface area contributed by atoms with Crippen LogP contribution in [0, 0.1) is 11.6 Å². The van der Waals surface area contributed by atoms with E-state index in [-0.39, 0.29) is 15.7 Å². The molecule has 0 aliphatic rings. The van der Waals surface area contributed by atoms with Crippen LogP contribution in [0.15, 0.2) is 41.3 Å². The maximum atomic E-state index is 13.2. The van der Waals surface area contributed by atoms with Crippen LogP contribution >= 0.6 is 23.2 Å². The fraction of sp³-hybridized carbons (Fsp3) is 0.133. The van der Waals surface area contributed by atoms with Crippen molar-refractivity contribution in [1.29, 1.82) is 0 Å². The van der Waals surface area contributed by atoms with E-state index in [2.05, 4.69) is 5.32 Å². The molecule has 0 aliphatic carbocycles. The zero-order chi connectivity index (χ0) is 18.8. The molecular formula is C15H12Cl2F2N2O3S. The van der Waals surface area contributed by atoms with Crippen LogP contribution in [0.2, 0.25) is 10.0 Å². The number of rotatable bonds is 5. The molecule has 0 fully saturated rings. The molecule has 0 heterocycles. The number of hydrogen-bond acceptors (Lipinski definition) is 3. The number of para-hydroxylation sites is 1. The van der Waals surface area contributed by atoms with Gasteiger partial charge in [0, 0.05) is 7.05 Å². The van der Waals surface area contributed by atoms with E-state index in [1.54, 1.807) is 6.07 Å². The second kappa shape index (κ2) is 7.65. The van der Waals surface area contributed by atoms with E-state index < -0.39 is 39.0 Å². The molecule has 0 aromatic heterocycles. The van der Waals surface area contributed by atoms with Crippen molar-refractivity contribution in [2.45, 2.75) is 4.90 Å². The molecule has 2 aromatic rings. The van der Waals surface area contributed by atoms with Crippen molar-refractivity contribution < 1.29 is 22.0 Å². The van der Waals surface area contributed by atoms with Gasteiger partial charge in [-0.05, 0) is 30.3 Å². The summed E-state index contributed by atoms with van der Waals surface area (Å²) in [6.45, 7) is -0.580. The van der Waals surface area contributed by atoms with E-state index >= 15 is 0 Å². The van der Waals surface area contributed by atoms with Gasteiger partial charge < -0.3 is 5.32 Å². The Balaban J connectivity index is 2.16. The third kappa shape index (κ3) is 4.46. The van der Waals surface area contributed by atoms with Gasteiger partial charge in [0.25, 0.3) is 0 Å². The maximum absolute atomic E-state index is 13.2. The summed E-state index contributed by atoms with van der Waals surface area (Å²) in [6.07, 6.45) is 0. The van der Waals surface area contributed by atoms with Gasteiger partial charge in [0.1, 0.15) is 0 Å². The van der Waals surface area contributed by atoms with Gasteiger partial charge in [-0.15, -0.1) is 0 Å². The minimum atomic E-state index is -4.19. The lowest BCUT2D eigenvalue weighted by molar-refractivity contribution is -0.116. The first-order valence-corrected chi connectivity index (χ1v) is 8.98. The minimum absolute atomic E-state index is 0.148. The second-order valence-electron chi connectivity index (χ2n) is 4.98. The van der Waals surface area contributed by atoms with Crippen molar-refractivity contribution in [2.24, 2.45) is 0 Å². The van der Waals surface area contributed by atoms with Gasteiger partial charge in [-0.1, -0.05) is 29.3 Å². The molecule has 25 heavy (non-hydrogen) atoms. The number of sulfonamides is 1. The number of carbonyl (C=O) groups is 1. The molecule has 0 unspecified atom stereocenters. The van der Waals surface area contributed by atoms with Gasteiger partial charge in [-0.2, -0.15) is 4.31 Å². The summed E-state index contributed by atoms with van der Waals surface area (Å²) in [7, 11) is -3.06. The Bertz CT molecular complexity index is 903. The van der Waals surface area contributed by atoms with E-state index in [0.29, 0.717) is 16.4 Å². The van der Waals surface area contributed by atoms with Crippen molar-refractivity contribution in [3.63, 3.8) is 0 Å². The van der Waals surface area contributed by atoms with E-state index in [1.165, 1.54) is 12.1 Å². The Morgan fingerprint density at radius 1 is 1.12 bits per heavy atom. The lowest BCUT2D eigenvalue weighted by Gasteiger charge is -2.17. The predicted molar refractivity (Wildman–Crippen MR) is 91.3 cm³/mol. The fourth-order valence-corrected chi connectivity index (χ4v) is 3.53. The molecule has 0 saturated heterocycles. The molecule has 2 rings (SSSR count). The minimum Gasteiger partial charge on any atom is -0.322 e. The van der Waals surface area contributed by atoms with Crippen LogP contribution < -0.4 is 5.32 Å². The number of hydrogen-bond donors (Lipinski definition) is 1. The van der Waals surface area contributed by atoms with Crippen LogP contribution in [0.5, 0.6) is 0 Å². The van der Waals surface area contributed by atoms with Crippen LogP contribution in [0.3, 0.4) is 0 Å². The number of likely N-dealkylation sites (N-methyl/N-ethyl adjacent to an activating group) is 1. The van der Waals surface area contributed by atoms with Crippen LogP contribution in [0.4, 0.5) is 14.5 Å². The number of carbonyl (C=O) groups excluding carboxylic acids is 1. The van der Waals surface area contributed by atoms with E-state index in [1.807, 2.05) is 0 Å². The third-order valence-corrected chi connectivity index (χ3v) is 5.62. The number of nitrogens with one attached hydrogen (secondary N) is 1. The van der Waals surface area contributed by atoms with Gasteiger partial charge in [0.05, 0.1) is 27.2 Å². The highest BCUT2D eigenvalue weighted by Crippen LogP contribution is 2.29. The van der Waals surface area contributed by atoms with E-state index in [9.17, 15) is 22.0 Å². The Labute approximate surface area is 153 Å². The molecule has 2 aromatic carbocycles. The molecule has 0 atom stereocenters. The number of anilines is 1. The highest BCUT2D eigenvalue weighted by Gasteiger charge is 2.24. The van der Waals surface area contributed by atoms with Crippen LogP contribution in [-0.2, 0) is 14.8 Å². The first-order chi connectivity index (χ1) is 11.6. The first-order valence-electron chi connectivity index (χ1n) is 6.78. The Kier molecular flexibility index (Phi) is 5.99. The van der Waals surface area contributed by atoms with Gasteiger partial charge in [-0.25, -0.2) is 17.2 Å². The second-order valence-corrected chi connectivity index (χ2v) is 7.84. The van der Waals surface area contributed by atoms with E-state index in [0.717, 1.165) is 13.1 Å². The van der Waals surface area contributed by atoms with Crippen molar-refractivity contribution in [3.8, 4) is 0 Å². The predicted octanol–water partition coefficient (Wildman–Crippen LogP) is 3.53. The normalized spacial score (nSPS) is 11.6. The SMILES string of the molecule is CN(CC(=O)Nc1c(Cl)cccc1Cl)S(=O)(=O)c1ccc(F)c(F)c1. The highest BCUT2D eigenvalue weighted by molar-refractivity contribution is 7.89. The highest BCUT2D eigenvalue weighted by atomic mass is 35.5. The Hall–Kier alpha value is -1.74. The quantitative estimate of drug-likeness (QED) is 0.822. The largest absolute Gasteiger partial charge is 0.322 e. The topological polar surface area (TPSA) is 66.5 Å². The summed E-state index contributed by atoms with van der Waals surface area (Å²) in [5.41, 5.74) is 0.148. The summed E-state index contributed by atoms with van der Waals surface area (Å²) in [5.74, 6) is -3.18. The zero-order valence-corrected chi connectivity index (χ0v) is 15.1. The van der Waals surface area contributed by atoms with Gasteiger partial charge >= 0.3 is 0 Å². The zero-order valence-electron chi connectivity index (χ0n) is 12.8.